The molecule has 0 aromatic carbocycles. The molecule has 2 rings (SSSR count). The van der Waals surface area contributed by atoms with Crippen LogP contribution in [0.5, 0.6) is 0 Å². The molecule has 9 nitrogen and oxygen atoms in total. The van der Waals surface area contributed by atoms with Gasteiger partial charge in [0.2, 0.25) is 0 Å². The molecule has 1 fully saturated rings. The number of allylic oxidation sites excluding steroid dienone is 2. The van der Waals surface area contributed by atoms with Gasteiger partial charge in [-0.05, 0) is 39.3 Å². The number of rotatable bonds is 7. The van der Waals surface area contributed by atoms with Crippen molar-refractivity contribution in [2.24, 2.45) is 5.92 Å². The van der Waals surface area contributed by atoms with Gasteiger partial charge < -0.3 is 24.1 Å². The zero-order valence-corrected chi connectivity index (χ0v) is 21.4. The number of fused-ring (bicyclic) bond motifs is 1. The first kappa shape index (κ1) is 28.8. The number of hydrogen-bond donors (Lipinski definition) is 1. The van der Waals surface area contributed by atoms with Gasteiger partial charge in [0.15, 0.2) is 0 Å². The molecule has 1 N–H and O–H groups in total. The van der Waals surface area contributed by atoms with Crippen LogP contribution in [0, 0.1) is 5.92 Å². The van der Waals surface area contributed by atoms with E-state index in [9.17, 15) is 24.3 Å². The van der Waals surface area contributed by atoms with E-state index in [-0.39, 0.29) is 29.7 Å². The third kappa shape index (κ3) is 7.27. The van der Waals surface area contributed by atoms with Crippen molar-refractivity contribution in [1.29, 1.82) is 0 Å². The van der Waals surface area contributed by atoms with Crippen LogP contribution >= 0.6 is 0 Å². The van der Waals surface area contributed by atoms with Crippen LogP contribution in [0.1, 0.15) is 47.5 Å². The minimum Gasteiger partial charge on any atom is -0.458 e. The fourth-order valence-electron chi connectivity index (χ4n) is 4.01. The lowest BCUT2D eigenvalue weighted by Crippen LogP contribution is -2.35. The highest BCUT2D eigenvalue weighted by Crippen LogP contribution is 2.36. The minimum atomic E-state index is -0.791. The Bertz CT molecular complexity index is 1030. The SMILES string of the molecule is C=C1C(=O)O[C@H]2C=C(C)[C@@H](OC(C)=O)C/C=C(/C)C[C@@H](OC(=O)/C(=C/C)COC(=O)/C(=C/C)CO)[C@@H]12. The Morgan fingerprint density at radius 1 is 1.14 bits per heavy atom. The molecule has 36 heavy (non-hydrogen) atoms. The van der Waals surface area contributed by atoms with Gasteiger partial charge in [0.25, 0.3) is 0 Å². The van der Waals surface area contributed by atoms with E-state index in [0.717, 1.165) is 5.57 Å². The number of carbonyl (C=O) groups excluding carboxylic acids is 4. The molecule has 0 saturated carbocycles. The summed E-state index contributed by atoms with van der Waals surface area (Å²) < 4.78 is 21.9. The number of aliphatic hydroxyl groups is 1. The third-order valence-electron chi connectivity index (χ3n) is 6.12. The fraction of sp³-hybridized carbons (Fsp3) is 0.481. The first-order valence-corrected chi connectivity index (χ1v) is 11.7. The van der Waals surface area contributed by atoms with Crippen LogP contribution in [-0.4, -0.2) is 60.5 Å². The highest BCUT2D eigenvalue weighted by atomic mass is 16.6. The summed E-state index contributed by atoms with van der Waals surface area (Å²) in [6.07, 6.45) is 5.13. The Morgan fingerprint density at radius 2 is 1.81 bits per heavy atom. The lowest BCUT2D eigenvalue weighted by atomic mass is 9.85. The van der Waals surface area contributed by atoms with Gasteiger partial charge in [-0.1, -0.05) is 30.4 Å². The number of aliphatic hydroxyl groups excluding tert-OH is 1. The monoisotopic (exact) mass is 502 g/mol. The fourth-order valence-corrected chi connectivity index (χ4v) is 4.01. The first-order chi connectivity index (χ1) is 17.0. The van der Waals surface area contributed by atoms with Crippen molar-refractivity contribution in [3.05, 3.63) is 58.7 Å². The number of esters is 4. The van der Waals surface area contributed by atoms with Crippen molar-refractivity contribution in [2.75, 3.05) is 13.2 Å². The summed E-state index contributed by atoms with van der Waals surface area (Å²) in [5.74, 6) is -3.14. The second kappa shape index (κ2) is 13.0. The molecule has 0 aromatic rings. The Morgan fingerprint density at radius 3 is 2.39 bits per heavy atom. The van der Waals surface area contributed by atoms with Crippen LogP contribution in [0.15, 0.2) is 58.7 Å². The Kier molecular flexibility index (Phi) is 10.4. The van der Waals surface area contributed by atoms with E-state index >= 15 is 0 Å². The number of ether oxygens (including phenoxy) is 4. The summed E-state index contributed by atoms with van der Waals surface area (Å²) >= 11 is 0. The van der Waals surface area contributed by atoms with Gasteiger partial charge in [-0.2, -0.15) is 0 Å². The van der Waals surface area contributed by atoms with Crippen LogP contribution < -0.4 is 0 Å². The molecule has 1 saturated heterocycles. The first-order valence-electron chi connectivity index (χ1n) is 11.7. The van der Waals surface area contributed by atoms with Crippen molar-refractivity contribution >= 4 is 23.9 Å². The largest absolute Gasteiger partial charge is 0.458 e. The van der Waals surface area contributed by atoms with Gasteiger partial charge >= 0.3 is 23.9 Å². The van der Waals surface area contributed by atoms with E-state index in [2.05, 4.69) is 6.58 Å². The summed E-state index contributed by atoms with van der Waals surface area (Å²) in [6.45, 7) is 11.2. The van der Waals surface area contributed by atoms with Crippen molar-refractivity contribution in [3.63, 3.8) is 0 Å². The van der Waals surface area contributed by atoms with Crippen LogP contribution in [0.3, 0.4) is 0 Å². The van der Waals surface area contributed by atoms with E-state index < -0.39 is 54.7 Å². The molecule has 4 atom stereocenters. The van der Waals surface area contributed by atoms with E-state index in [4.69, 9.17) is 18.9 Å². The highest BCUT2D eigenvalue weighted by Gasteiger charge is 2.45. The van der Waals surface area contributed by atoms with Crippen LogP contribution in [0.4, 0.5) is 0 Å². The average Bonchev–Trinajstić information content (AvgIpc) is 3.09. The minimum absolute atomic E-state index is 0.0712. The molecule has 1 aliphatic carbocycles. The standard InChI is InChI=1S/C27H34O9/c1-7-19(13-28)26(31)33-14-20(8-2)27(32)36-22-11-15(3)9-10-21(34-18(6)29)16(4)12-23-24(22)17(5)25(30)35-23/h7-9,12,21-24,28H,5,10-11,13-14H2,1-4,6H3/b15-9-,16-12?,19-7+,20-8+/t21-,22+,23-,24+/m0/s1. The highest BCUT2D eigenvalue weighted by molar-refractivity contribution is 5.93. The summed E-state index contributed by atoms with van der Waals surface area (Å²) in [5, 5.41) is 9.22. The lowest BCUT2D eigenvalue weighted by molar-refractivity contribution is -0.149. The molecule has 0 spiro atoms. The van der Waals surface area contributed by atoms with E-state index in [1.54, 1.807) is 26.8 Å². The van der Waals surface area contributed by atoms with Gasteiger partial charge in [-0.3, -0.25) is 4.79 Å². The zero-order valence-electron chi connectivity index (χ0n) is 21.4. The maximum Gasteiger partial charge on any atom is 0.337 e. The van der Waals surface area contributed by atoms with Crippen molar-refractivity contribution in [1.82, 2.24) is 0 Å². The molecular weight excluding hydrogens is 468 g/mol. The summed E-state index contributed by atoms with van der Waals surface area (Å²) in [7, 11) is 0. The molecule has 0 aromatic heterocycles. The average molecular weight is 503 g/mol. The molecule has 0 bridgehead atoms. The van der Waals surface area contributed by atoms with E-state index in [1.807, 2.05) is 13.0 Å². The van der Waals surface area contributed by atoms with Crippen LogP contribution in [-0.2, 0) is 38.1 Å². The van der Waals surface area contributed by atoms with Crippen LogP contribution in [0.25, 0.3) is 0 Å². The molecular formula is C27H34O9. The quantitative estimate of drug-likeness (QED) is 0.242. The third-order valence-corrected chi connectivity index (χ3v) is 6.12. The van der Waals surface area contributed by atoms with E-state index in [0.29, 0.717) is 12.0 Å². The van der Waals surface area contributed by atoms with E-state index in [1.165, 1.54) is 19.1 Å². The van der Waals surface area contributed by atoms with Crippen LogP contribution in [0.2, 0.25) is 0 Å². The van der Waals surface area contributed by atoms with Crippen molar-refractivity contribution in [2.45, 2.75) is 65.8 Å². The normalized spacial score (nSPS) is 26.6. The van der Waals surface area contributed by atoms with Gasteiger partial charge in [0.1, 0.15) is 24.9 Å². The maximum atomic E-state index is 13.0. The molecule has 9 heteroatoms. The number of carbonyl (C=O) groups is 4. The van der Waals surface area contributed by atoms with Gasteiger partial charge in [0, 0.05) is 25.3 Å². The molecule has 1 heterocycles. The molecule has 1 aliphatic heterocycles. The zero-order chi connectivity index (χ0) is 27.0. The Labute approximate surface area is 211 Å². The van der Waals surface area contributed by atoms with Gasteiger partial charge in [-0.15, -0.1) is 0 Å². The maximum absolute atomic E-state index is 13.0. The molecule has 0 amide bonds. The molecule has 2 aliphatic rings. The van der Waals surface area contributed by atoms with Crippen molar-refractivity contribution in [3.8, 4) is 0 Å². The van der Waals surface area contributed by atoms with Crippen molar-refractivity contribution < 1.29 is 43.2 Å². The molecule has 0 unspecified atom stereocenters. The predicted molar refractivity (Wildman–Crippen MR) is 130 cm³/mol. The summed E-state index contributed by atoms with van der Waals surface area (Å²) in [6, 6.07) is 0. The summed E-state index contributed by atoms with van der Waals surface area (Å²) in [5.41, 5.74) is 1.91. The second-order valence-electron chi connectivity index (χ2n) is 8.73. The van der Waals surface area contributed by atoms with Gasteiger partial charge in [-0.25, -0.2) is 14.4 Å². The lowest BCUT2D eigenvalue weighted by Gasteiger charge is -2.28. The Balaban J connectivity index is 2.30. The predicted octanol–water partition coefficient (Wildman–Crippen LogP) is 3.04. The van der Waals surface area contributed by atoms with Gasteiger partial charge in [0.05, 0.1) is 23.7 Å². The molecule has 196 valence electrons. The number of hydrogen-bond acceptors (Lipinski definition) is 9. The topological polar surface area (TPSA) is 125 Å². The second-order valence-corrected chi connectivity index (χ2v) is 8.73. The Hall–Kier alpha value is -3.46. The molecule has 0 radical (unpaired) electrons. The smallest absolute Gasteiger partial charge is 0.337 e. The summed E-state index contributed by atoms with van der Waals surface area (Å²) in [4.78, 5) is 49.1.